The molecule has 0 bridgehead atoms. The molecule has 0 radical (unpaired) electrons. The summed E-state index contributed by atoms with van der Waals surface area (Å²) in [6.07, 6.45) is 3.68. The van der Waals surface area contributed by atoms with Crippen LogP contribution in [0.15, 0.2) is 46.9 Å². The van der Waals surface area contributed by atoms with Gasteiger partial charge in [-0.25, -0.2) is 9.82 Å². The Kier molecular flexibility index (Phi) is 4.38. The van der Waals surface area contributed by atoms with Gasteiger partial charge in [-0.15, -0.1) is 0 Å². The fraction of sp³-hybridized carbons (Fsp3) is 0.294. The van der Waals surface area contributed by atoms with E-state index >= 15 is 0 Å². The van der Waals surface area contributed by atoms with E-state index in [1.54, 1.807) is 6.07 Å². The van der Waals surface area contributed by atoms with Crippen LogP contribution < -0.4 is 11.3 Å². The Morgan fingerprint density at radius 2 is 1.90 bits per heavy atom. The molecule has 2 aromatic carbocycles. The molecule has 4 heteroatoms. The van der Waals surface area contributed by atoms with E-state index in [1.165, 1.54) is 30.9 Å². The maximum absolute atomic E-state index is 14.3. The van der Waals surface area contributed by atoms with Gasteiger partial charge in [-0.3, -0.25) is 5.84 Å². The van der Waals surface area contributed by atoms with Crippen LogP contribution in [0, 0.1) is 5.82 Å². The number of nitrogens with two attached hydrogens (primary N) is 1. The molecule has 0 saturated heterocycles. The molecule has 3 N–H and O–H groups in total. The zero-order chi connectivity index (χ0) is 14.8. The molecule has 1 unspecified atom stereocenters. The predicted octanol–water partition coefficient (Wildman–Crippen LogP) is 4.41. The van der Waals surface area contributed by atoms with Crippen LogP contribution >= 0.6 is 15.9 Å². The van der Waals surface area contributed by atoms with Crippen molar-refractivity contribution in [3.8, 4) is 0 Å². The van der Waals surface area contributed by atoms with Crippen LogP contribution in [0.25, 0.3) is 0 Å². The van der Waals surface area contributed by atoms with Gasteiger partial charge in [-0.1, -0.05) is 52.7 Å². The number of rotatable bonds is 4. The molecule has 0 heterocycles. The summed E-state index contributed by atoms with van der Waals surface area (Å²) in [5.41, 5.74) is 5.72. The summed E-state index contributed by atoms with van der Waals surface area (Å²) in [5, 5.41) is 0. The number of hydrogen-bond acceptors (Lipinski definition) is 2. The SMILES string of the molecule is NNC(c1ccc(Br)cc1F)c1ccccc1C1CCC1. The number of nitrogens with one attached hydrogen (secondary N) is 1. The second-order valence-corrected chi connectivity index (χ2v) is 6.44. The van der Waals surface area contributed by atoms with Crippen molar-refractivity contribution in [3.05, 3.63) is 69.4 Å². The lowest BCUT2D eigenvalue weighted by molar-refractivity contribution is 0.413. The summed E-state index contributed by atoms with van der Waals surface area (Å²) in [5.74, 6) is 6.07. The standard InChI is InChI=1S/C17H18BrFN2/c18-12-8-9-15(16(19)10-12)17(21-20)14-7-2-1-6-13(14)11-4-3-5-11/h1-2,6-11,17,21H,3-5,20H2. The van der Waals surface area contributed by atoms with Crippen LogP contribution in [0.5, 0.6) is 0 Å². The summed E-state index contributed by atoms with van der Waals surface area (Å²) in [4.78, 5) is 0. The lowest BCUT2D eigenvalue weighted by atomic mass is 9.76. The molecular formula is C17H18BrFN2. The summed E-state index contributed by atoms with van der Waals surface area (Å²) >= 11 is 3.29. The molecule has 21 heavy (non-hydrogen) atoms. The predicted molar refractivity (Wildman–Crippen MR) is 86.3 cm³/mol. The number of halogens is 2. The topological polar surface area (TPSA) is 38.0 Å². The van der Waals surface area contributed by atoms with Crippen molar-refractivity contribution in [2.45, 2.75) is 31.2 Å². The Morgan fingerprint density at radius 1 is 1.14 bits per heavy atom. The number of benzene rings is 2. The van der Waals surface area contributed by atoms with E-state index in [0.717, 1.165) is 10.0 Å². The molecule has 0 aromatic heterocycles. The molecule has 3 rings (SSSR count). The molecule has 110 valence electrons. The zero-order valence-electron chi connectivity index (χ0n) is 11.7. The molecule has 2 aromatic rings. The Hall–Kier alpha value is -1.23. The average molecular weight is 349 g/mol. The van der Waals surface area contributed by atoms with E-state index in [2.05, 4.69) is 27.4 Å². The van der Waals surface area contributed by atoms with Gasteiger partial charge in [0.25, 0.3) is 0 Å². The first-order valence-corrected chi connectivity index (χ1v) is 8.00. The fourth-order valence-electron chi connectivity index (χ4n) is 2.95. The summed E-state index contributed by atoms with van der Waals surface area (Å²) in [7, 11) is 0. The smallest absolute Gasteiger partial charge is 0.129 e. The van der Waals surface area contributed by atoms with E-state index in [0.29, 0.717) is 11.5 Å². The van der Waals surface area contributed by atoms with Gasteiger partial charge in [0.05, 0.1) is 6.04 Å². The summed E-state index contributed by atoms with van der Waals surface area (Å²) in [6, 6.07) is 13.0. The van der Waals surface area contributed by atoms with Crippen LogP contribution in [-0.4, -0.2) is 0 Å². The van der Waals surface area contributed by atoms with Crippen LogP contribution in [-0.2, 0) is 0 Å². The van der Waals surface area contributed by atoms with Gasteiger partial charge in [-0.2, -0.15) is 0 Å². The highest BCUT2D eigenvalue weighted by molar-refractivity contribution is 9.10. The van der Waals surface area contributed by atoms with Gasteiger partial charge in [0, 0.05) is 10.0 Å². The minimum atomic E-state index is -0.324. The molecule has 0 spiro atoms. The van der Waals surface area contributed by atoms with Crippen molar-refractivity contribution in [3.63, 3.8) is 0 Å². The van der Waals surface area contributed by atoms with E-state index in [9.17, 15) is 4.39 Å². The highest BCUT2D eigenvalue weighted by Gasteiger charge is 2.26. The van der Waals surface area contributed by atoms with E-state index in [-0.39, 0.29) is 11.9 Å². The van der Waals surface area contributed by atoms with E-state index in [4.69, 9.17) is 5.84 Å². The first-order chi connectivity index (χ1) is 10.2. The Bertz CT molecular complexity index is 640. The molecule has 0 aliphatic heterocycles. The van der Waals surface area contributed by atoms with Crippen molar-refractivity contribution >= 4 is 15.9 Å². The van der Waals surface area contributed by atoms with Crippen LogP contribution in [0.3, 0.4) is 0 Å². The maximum Gasteiger partial charge on any atom is 0.129 e. The molecule has 1 fully saturated rings. The van der Waals surface area contributed by atoms with Gasteiger partial charge in [0.2, 0.25) is 0 Å². The molecule has 2 nitrogen and oxygen atoms in total. The average Bonchev–Trinajstić information content (AvgIpc) is 2.41. The lowest BCUT2D eigenvalue weighted by Crippen LogP contribution is -2.31. The number of hydrogen-bond donors (Lipinski definition) is 2. The first kappa shape index (κ1) is 14.7. The lowest BCUT2D eigenvalue weighted by Gasteiger charge is -2.30. The molecule has 1 aliphatic carbocycles. The Balaban J connectivity index is 2.03. The Labute approximate surface area is 132 Å². The van der Waals surface area contributed by atoms with Gasteiger partial charge >= 0.3 is 0 Å². The largest absolute Gasteiger partial charge is 0.271 e. The third-order valence-corrected chi connectivity index (χ3v) is 4.79. The van der Waals surface area contributed by atoms with Crippen molar-refractivity contribution < 1.29 is 4.39 Å². The molecular weight excluding hydrogens is 331 g/mol. The van der Waals surface area contributed by atoms with E-state index in [1.807, 2.05) is 24.3 Å². The monoisotopic (exact) mass is 348 g/mol. The van der Waals surface area contributed by atoms with Crippen LogP contribution in [0.1, 0.15) is 47.9 Å². The van der Waals surface area contributed by atoms with Gasteiger partial charge in [0.15, 0.2) is 0 Å². The summed E-state index contributed by atoms with van der Waals surface area (Å²) in [6.45, 7) is 0. The quantitative estimate of drug-likeness (QED) is 0.634. The molecule has 1 atom stereocenters. The van der Waals surface area contributed by atoms with Crippen LogP contribution in [0.2, 0.25) is 0 Å². The zero-order valence-corrected chi connectivity index (χ0v) is 13.2. The van der Waals surface area contributed by atoms with Crippen molar-refractivity contribution in [1.29, 1.82) is 0 Å². The highest BCUT2D eigenvalue weighted by Crippen LogP contribution is 2.40. The normalized spacial score (nSPS) is 16.5. The van der Waals surface area contributed by atoms with Gasteiger partial charge < -0.3 is 0 Å². The maximum atomic E-state index is 14.3. The first-order valence-electron chi connectivity index (χ1n) is 7.20. The summed E-state index contributed by atoms with van der Waals surface area (Å²) < 4.78 is 15.0. The molecule has 1 aliphatic rings. The Morgan fingerprint density at radius 3 is 2.52 bits per heavy atom. The number of hydrazine groups is 1. The minimum absolute atomic E-state index is 0.254. The second-order valence-electron chi connectivity index (χ2n) is 5.52. The highest BCUT2D eigenvalue weighted by atomic mass is 79.9. The third-order valence-electron chi connectivity index (χ3n) is 4.29. The van der Waals surface area contributed by atoms with Crippen molar-refractivity contribution in [2.75, 3.05) is 0 Å². The van der Waals surface area contributed by atoms with Gasteiger partial charge in [-0.05, 0) is 42.0 Å². The van der Waals surface area contributed by atoms with Gasteiger partial charge in [0.1, 0.15) is 5.82 Å². The third kappa shape index (κ3) is 2.89. The molecule has 1 saturated carbocycles. The van der Waals surface area contributed by atoms with E-state index < -0.39 is 0 Å². The van der Waals surface area contributed by atoms with Crippen LogP contribution in [0.4, 0.5) is 4.39 Å². The minimum Gasteiger partial charge on any atom is -0.271 e. The fourth-order valence-corrected chi connectivity index (χ4v) is 3.28. The van der Waals surface area contributed by atoms with Crippen molar-refractivity contribution in [1.82, 2.24) is 5.43 Å². The molecule has 0 amide bonds. The second kappa shape index (κ2) is 6.26. The van der Waals surface area contributed by atoms with Crippen molar-refractivity contribution in [2.24, 2.45) is 5.84 Å².